The molecule has 2 aromatic rings. The molecule has 1 aromatic carbocycles. The number of aliphatic hydroxyl groups is 2. The van der Waals surface area contributed by atoms with Crippen molar-refractivity contribution in [1.29, 1.82) is 0 Å². The molecule has 0 saturated carbocycles. The molecule has 4 nitrogen and oxygen atoms in total. The van der Waals surface area contributed by atoms with Gasteiger partial charge in [-0.15, -0.1) is 0 Å². The standard InChI is InChI=1S/C12H13BrN2O2/c13-7-11(16)12(17)9-1-3-10(4-2-9)15-6-5-14-8-15/h1-6,8,11-12,16-17H,7H2. The normalized spacial score (nSPS) is 14.5. The average Bonchev–Trinajstić information content (AvgIpc) is 2.91. The molecule has 0 aliphatic rings. The topological polar surface area (TPSA) is 58.3 Å². The van der Waals surface area contributed by atoms with E-state index in [0.29, 0.717) is 10.9 Å². The van der Waals surface area contributed by atoms with Crippen LogP contribution in [0.4, 0.5) is 0 Å². The molecule has 0 fully saturated rings. The Morgan fingerprint density at radius 1 is 1.24 bits per heavy atom. The van der Waals surface area contributed by atoms with Crippen LogP contribution in [-0.4, -0.2) is 31.2 Å². The van der Waals surface area contributed by atoms with Crippen LogP contribution in [0.3, 0.4) is 0 Å². The number of imidazole rings is 1. The van der Waals surface area contributed by atoms with Gasteiger partial charge in [-0.25, -0.2) is 4.98 Å². The van der Waals surface area contributed by atoms with Crippen LogP contribution in [0, 0.1) is 0 Å². The third-order valence-corrected chi connectivity index (χ3v) is 3.22. The van der Waals surface area contributed by atoms with Gasteiger partial charge in [0, 0.05) is 23.4 Å². The van der Waals surface area contributed by atoms with Crippen LogP contribution in [0.15, 0.2) is 43.0 Å². The molecule has 1 aromatic heterocycles. The summed E-state index contributed by atoms with van der Waals surface area (Å²) in [6.45, 7) is 0. The van der Waals surface area contributed by atoms with E-state index < -0.39 is 12.2 Å². The van der Waals surface area contributed by atoms with Crippen molar-refractivity contribution < 1.29 is 10.2 Å². The highest BCUT2D eigenvalue weighted by Gasteiger charge is 2.16. The first-order chi connectivity index (χ1) is 8.22. The van der Waals surface area contributed by atoms with E-state index in [9.17, 15) is 10.2 Å². The molecule has 0 saturated heterocycles. The quantitative estimate of drug-likeness (QED) is 0.844. The molecule has 1 heterocycles. The molecule has 0 radical (unpaired) electrons. The predicted molar refractivity (Wildman–Crippen MR) is 68.3 cm³/mol. The summed E-state index contributed by atoms with van der Waals surface area (Å²) >= 11 is 3.14. The highest BCUT2D eigenvalue weighted by Crippen LogP contribution is 2.19. The van der Waals surface area contributed by atoms with E-state index in [2.05, 4.69) is 20.9 Å². The van der Waals surface area contributed by atoms with Crippen molar-refractivity contribution in [2.45, 2.75) is 12.2 Å². The first-order valence-electron chi connectivity index (χ1n) is 5.23. The molecule has 2 rings (SSSR count). The predicted octanol–water partition coefficient (Wildman–Crippen LogP) is 1.66. The second kappa shape index (κ2) is 5.44. The first-order valence-corrected chi connectivity index (χ1v) is 6.35. The fourth-order valence-corrected chi connectivity index (χ4v) is 1.92. The third kappa shape index (κ3) is 2.74. The molecule has 0 amide bonds. The van der Waals surface area contributed by atoms with E-state index in [-0.39, 0.29) is 0 Å². The number of aliphatic hydroxyl groups excluding tert-OH is 2. The average molecular weight is 297 g/mol. The van der Waals surface area contributed by atoms with E-state index in [1.54, 1.807) is 24.7 Å². The molecule has 2 atom stereocenters. The maximum absolute atomic E-state index is 9.81. The maximum Gasteiger partial charge on any atom is 0.106 e. The fraction of sp³-hybridized carbons (Fsp3) is 0.250. The van der Waals surface area contributed by atoms with Crippen molar-refractivity contribution in [1.82, 2.24) is 9.55 Å². The molecule has 90 valence electrons. The molecule has 17 heavy (non-hydrogen) atoms. The highest BCUT2D eigenvalue weighted by atomic mass is 79.9. The molecule has 2 N–H and O–H groups in total. The van der Waals surface area contributed by atoms with Crippen LogP contribution in [0.2, 0.25) is 0 Å². The van der Waals surface area contributed by atoms with Crippen LogP contribution in [0.25, 0.3) is 5.69 Å². The van der Waals surface area contributed by atoms with Gasteiger partial charge >= 0.3 is 0 Å². The van der Waals surface area contributed by atoms with E-state index in [1.165, 1.54) is 0 Å². The van der Waals surface area contributed by atoms with Gasteiger partial charge in [0.1, 0.15) is 6.10 Å². The van der Waals surface area contributed by atoms with Gasteiger partial charge in [-0.1, -0.05) is 28.1 Å². The number of aromatic nitrogens is 2. The Balaban J connectivity index is 2.18. The molecule has 0 bridgehead atoms. The van der Waals surface area contributed by atoms with Crippen molar-refractivity contribution >= 4 is 15.9 Å². The van der Waals surface area contributed by atoms with E-state index in [4.69, 9.17) is 0 Å². The maximum atomic E-state index is 9.81. The summed E-state index contributed by atoms with van der Waals surface area (Å²) in [6, 6.07) is 7.35. The molecule has 2 unspecified atom stereocenters. The Morgan fingerprint density at radius 2 is 1.94 bits per heavy atom. The molecule has 0 aliphatic heterocycles. The lowest BCUT2D eigenvalue weighted by Crippen LogP contribution is -2.19. The monoisotopic (exact) mass is 296 g/mol. The van der Waals surface area contributed by atoms with E-state index >= 15 is 0 Å². The minimum Gasteiger partial charge on any atom is -0.389 e. The smallest absolute Gasteiger partial charge is 0.106 e. The summed E-state index contributed by atoms with van der Waals surface area (Å²) in [4.78, 5) is 3.96. The Bertz CT molecular complexity index is 456. The number of halogens is 1. The van der Waals surface area contributed by atoms with Crippen LogP contribution in [0.5, 0.6) is 0 Å². The fourth-order valence-electron chi connectivity index (χ4n) is 1.56. The summed E-state index contributed by atoms with van der Waals surface area (Å²) in [5.41, 5.74) is 1.66. The zero-order valence-electron chi connectivity index (χ0n) is 9.07. The molecule has 5 heteroatoms. The molecule has 0 spiro atoms. The van der Waals surface area contributed by atoms with E-state index in [0.717, 1.165) is 5.69 Å². The Kier molecular flexibility index (Phi) is 3.93. The summed E-state index contributed by atoms with van der Waals surface area (Å²) in [7, 11) is 0. The lowest BCUT2D eigenvalue weighted by Gasteiger charge is -2.16. The largest absolute Gasteiger partial charge is 0.389 e. The lowest BCUT2D eigenvalue weighted by atomic mass is 10.1. The first kappa shape index (κ1) is 12.3. The lowest BCUT2D eigenvalue weighted by molar-refractivity contribution is 0.0343. The van der Waals surface area contributed by atoms with Gasteiger partial charge in [0.2, 0.25) is 0 Å². The molecular weight excluding hydrogens is 284 g/mol. The number of hydrogen-bond acceptors (Lipinski definition) is 3. The Morgan fingerprint density at radius 3 is 2.47 bits per heavy atom. The van der Waals surface area contributed by atoms with Crippen LogP contribution in [0.1, 0.15) is 11.7 Å². The zero-order chi connectivity index (χ0) is 12.3. The summed E-state index contributed by atoms with van der Waals surface area (Å²) in [5.74, 6) is 0. The van der Waals surface area contributed by atoms with Crippen LogP contribution < -0.4 is 0 Å². The zero-order valence-corrected chi connectivity index (χ0v) is 10.7. The second-order valence-electron chi connectivity index (χ2n) is 3.73. The van der Waals surface area contributed by atoms with Gasteiger partial charge in [-0.05, 0) is 17.7 Å². The third-order valence-electron chi connectivity index (χ3n) is 2.56. The van der Waals surface area contributed by atoms with Gasteiger partial charge < -0.3 is 14.8 Å². The van der Waals surface area contributed by atoms with Gasteiger partial charge in [0.25, 0.3) is 0 Å². The molecule has 0 aliphatic carbocycles. The van der Waals surface area contributed by atoms with Crippen molar-refractivity contribution in [2.24, 2.45) is 0 Å². The molecular formula is C12H13BrN2O2. The summed E-state index contributed by atoms with van der Waals surface area (Å²) < 4.78 is 1.87. The van der Waals surface area contributed by atoms with Gasteiger partial charge in [-0.3, -0.25) is 0 Å². The Hall–Kier alpha value is -1.17. The van der Waals surface area contributed by atoms with Crippen molar-refractivity contribution in [3.8, 4) is 5.69 Å². The SMILES string of the molecule is OC(CBr)C(O)c1ccc(-n2ccnc2)cc1. The van der Waals surface area contributed by atoms with Crippen molar-refractivity contribution in [2.75, 3.05) is 5.33 Å². The number of benzene rings is 1. The minimum absolute atomic E-state index is 0.345. The minimum atomic E-state index is -0.869. The second-order valence-corrected chi connectivity index (χ2v) is 4.38. The Labute approximate surface area is 108 Å². The van der Waals surface area contributed by atoms with Gasteiger partial charge in [0.15, 0.2) is 0 Å². The van der Waals surface area contributed by atoms with Crippen molar-refractivity contribution in [3.05, 3.63) is 48.5 Å². The number of hydrogen-bond donors (Lipinski definition) is 2. The van der Waals surface area contributed by atoms with Gasteiger partial charge in [0.05, 0.1) is 12.4 Å². The van der Waals surface area contributed by atoms with Gasteiger partial charge in [-0.2, -0.15) is 0 Å². The van der Waals surface area contributed by atoms with Crippen LogP contribution in [-0.2, 0) is 0 Å². The number of nitrogens with zero attached hydrogens (tertiary/aromatic N) is 2. The van der Waals surface area contributed by atoms with Crippen molar-refractivity contribution in [3.63, 3.8) is 0 Å². The number of rotatable bonds is 4. The van der Waals surface area contributed by atoms with E-state index in [1.807, 2.05) is 22.9 Å². The highest BCUT2D eigenvalue weighted by molar-refractivity contribution is 9.09. The summed E-state index contributed by atoms with van der Waals surface area (Å²) in [6.07, 6.45) is 3.59. The summed E-state index contributed by atoms with van der Waals surface area (Å²) in [5, 5.41) is 19.7. The number of alkyl halides is 1. The van der Waals surface area contributed by atoms with Crippen LogP contribution >= 0.6 is 15.9 Å².